The van der Waals surface area contributed by atoms with Gasteiger partial charge in [0.2, 0.25) is 0 Å². The number of hydrogen-bond acceptors (Lipinski definition) is 3. The van der Waals surface area contributed by atoms with Crippen LogP contribution in [-0.2, 0) is 13.2 Å². The second kappa shape index (κ2) is 6.91. The minimum atomic E-state index is -4.45. The van der Waals surface area contributed by atoms with Gasteiger partial charge in [-0.15, -0.1) is 0 Å². The number of nitrogens with zero attached hydrogens (tertiary/aromatic N) is 2. The van der Waals surface area contributed by atoms with E-state index in [9.17, 15) is 18.0 Å². The summed E-state index contributed by atoms with van der Waals surface area (Å²) in [4.78, 5) is 12.3. The molecule has 0 bridgehead atoms. The molecule has 0 saturated heterocycles. The lowest BCUT2D eigenvalue weighted by Crippen LogP contribution is -2.11. The Kier molecular flexibility index (Phi) is 4.66. The number of carbonyl (C=O) groups excluding carboxylic acids is 1. The fourth-order valence-electron chi connectivity index (χ4n) is 2.26. The van der Waals surface area contributed by atoms with E-state index >= 15 is 0 Å². The number of halogens is 3. The molecule has 1 aromatic heterocycles. The smallest absolute Gasteiger partial charge is 0.416 e. The highest BCUT2D eigenvalue weighted by molar-refractivity contribution is 6.04. The highest BCUT2D eigenvalue weighted by Crippen LogP contribution is 2.32. The third kappa shape index (κ3) is 4.21. The summed E-state index contributed by atoms with van der Waals surface area (Å²) < 4.78 is 45.3. The largest absolute Gasteiger partial charge is 0.457 e. The molecular weight excluding hydrogens is 347 g/mol. The first-order valence-corrected chi connectivity index (χ1v) is 7.56. The lowest BCUT2D eigenvalue weighted by Gasteiger charge is -2.11. The first-order valence-electron chi connectivity index (χ1n) is 7.56. The van der Waals surface area contributed by atoms with E-state index in [0.717, 1.165) is 12.1 Å². The summed E-state index contributed by atoms with van der Waals surface area (Å²) in [7, 11) is 1.72. The highest BCUT2D eigenvalue weighted by atomic mass is 19.4. The Balaban J connectivity index is 1.76. The van der Waals surface area contributed by atoms with Gasteiger partial charge < -0.3 is 10.1 Å². The average molecular weight is 361 g/mol. The lowest BCUT2D eigenvalue weighted by atomic mass is 10.2. The second-order valence-electron chi connectivity index (χ2n) is 5.51. The highest BCUT2D eigenvalue weighted by Gasteiger charge is 2.30. The first kappa shape index (κ1) is 17.5. The van der Waals surface area contributed by atoms with Gasteiger partial charge in [0.25, 0.3) is 5.91 Å². The van der Waals surface area contributed by atoms with Crippen molar-refractivity contribution in [2.45, 2.75) is 6.18 Å². The van der Waals surface area contributed by atoms with E-state index in [-0.39, 0.29) is 17.4 Å². The molecule has 0 aliphatic heterocycles. The maximum absolute atomic E-state index is 12.8. The Labute approximate surface area is 147 Å². The van der Waals surface area contributed by atoms with Gasteiger partial charge in [0.1, 0.15) is 11.5 Å². The molecule has 0 spiro atoms. The van der Waals surface area contributed by atoms with Crippen molar-refractivity contribution in [2.24, 2.45) is 7.05 Å². The van der Waals surface area contributed by atoms with Crippen molar-refractivity contribution >= 4 is 11.6 Å². The van der Waals surface area contributed by atoms with Crippen LogP contribution in [-0.4, -0.2) is 15.7 Å². The number of nitrogens with one attached hydrogen (secondary N) is 1. The second-order valence-corrected chi connectivity index (χ2v) is 5.51. The number of rotatable bonds is 4. The van der Waals surface area contributed by atoms with E-state index in [1.807, 2.05) is 0 Å². The molecule has 0 saturated carbocycles. The molecule has 0 unspecified atom stereocenters. The van der Waals surface area contributed by atoms with Crippen LogP contribution in [0.3, 0.4) is 0 Å². The van der Waals surface area contributed by atoms with E-state index in [1.54, 1.807) is 36.1 Å². The van der Waals surface area contributed by atoms with Gasteiger partial charge in [0.05, 0.1) is 17.4 Å². The maximum Gasteiger partial charge on any atom is 0.416 e. The summed E-state index contributed by atoms with van der Waals surface area (Å²) in [5.74, 6) is -0.0969. The number of ether oxygens (including phenoxy) is 1. The SMILES string of the molecule is Cn1cc(NC(=O)c2cccc(Oc3cccc(C(F)(F)F)c3)c2)cn1. The number of amides is 1. The molecule has 3 rings (SSSR count). The first-order chi connectivity index (χ1) is 12.3. The van der Waals surface area contributed by atoms with Crippen molar-refractivity contribution < 1.29 is 22.7 Å². The fraction of sp³-hybridized carbons (Fsp3) is 0.111. The van der Waals surface area contributed by atoms with Crippen molar-refractivity contribution in [3.8, 4) is 11.5 Å². The standard InChI is InChI=1S/C18H14F3N3O2/c1-24-11-14(10-22-24)23-17(25)12-4-2-6-15(8-12)26-16-7-3-5-13(9-16)18(19,20)21/h2-11H,1H3,(H,23,25). The molecule has 5 nitrogen and oxygen atoms in total. The predicted octanol–water partition coefficient (Wildman–Crippen LogP) is 4.48. The Morgan fingerprint density at radius 1 is 1.12 bits per heavy atom. The van der Waals surface area contributed by atoms with E-state index in [2.05, 4.69) is 10.4 Å². The van der Waals surface area contributed by atoms with Crippen LogP contribution in [0.1, 0.15) is 15.9 Å². The topological polar surface area (TPSA) is 56.2 Å². The zero-order valence-corrected chi connectivity index (χ0v) is 13.6. The number of alkyl halides is 3. The van der Waals surface area contributed by atoms with Gasteiger partial charge in [-0.3, -0.25) is 9.48 Å². The van der Waals surface area contributed by atoms with Crippen molar-refractivity contribution in [3.05, 3.63) is 72.1 Å². The number of carbonyl (C=O) groups is 1. The number of benzene rings is 2. The summed E-state index contributed by atoms with van der Waals surface area (Å²) in [5, 5.41) is 6.62. The maximum atomic E-state index is 12.8. The minimum absolute atomic E-state index is 0.0321. The molecule has 0 aliphatic carbocycles. The summed E-state index contributed by atoms with van der Waals surface area (Å²) in [6.45, 7) is 0. The van der Waals surface area contributed by atoms with Gasteiger partial charge in [-0.2, -0.15) is 18.3 Å². The fourth-order valence-corrected chi connectivity index (χ4v) is 2.26. The zero-order valence-electron chi connectivity index (χ0n) is 13.6. The van der Waals surface area contributed by atoms with E-state index in [4.69, 9.17) is 4.74 Å². The zero-order chi connectivity index (χ0) is 18.7. The van der Waals surface area contributed by atoms with Crippen LogP contribution in [0.4, 0.5) is 18.9 Å². The quantitative estimate of drug-likeness (QED) is 0.745. The van der Waals surface area contributed by atoms with Gasteiger partial charge >= 0.3 is 6.18 Å². The third-order valence-electron chi connectivity index (χ3n) is 3.46. The van der Waals surface area contributed by atoms with Gasteiger partial charge in [0.15, 0.2) is 0 Å². The van der Waals surface area contributed by atoms with E-state index in [0.29, 0.717) is 11.3 Å². The number of aryl methyl sites for hydroxylation is 1. The van der Waals surface area contributed by atoms with Gasteiger partial charge in [-0.05, 0) is 36.4 Å². The van der Waals surface area contributed by atoms with Crippen molar-refractivity contribution in [3.63, 3.8) is 0 Å². The minimum Gasteiger partial charge on any atom is -0.457 e. The Morgan fingerprint density at radius 3 is 2.46 bits per heavy atom. The van der Waals surface area contributed by atoms with Crippen LogP contribution in [0.5, 0.6) is 11.5 Å². The predicted molar refractivity (Wildman–Crippen MR) is 89.1 cm³/mol. The Hall–Kier alpha value is -3.29. The van der Waals surface area contributed by atoms with Crippen LogP contribution < -0.4 is 10.1 Å². The summed E-state index contributed by atoms with van der Waals surface area (Å²) in [6.07, 6.45) is -1.31. The van der Waals surface area contributed by atoms with E-state index in [1.165, 1.54) is 24.4 Å². The van der Waals surface area contributed by atoms with E-state index < -0.39 is 11.7 Å². The molecule has 0 aliphatic rings. The molecular formula is C18H14F3N3O2. The summed E-state index contributed by atoms with van der Waals surface area (Å²) in [5.41, 5.74) is 0.0282. The van der Waals surface area contributed by atoms with Gasteiger partial charge in [-0.25, -0.2) is 0 Å². The summed E-state index contributed by atoms with van der Waals surface area (Å²) in [6, 6.07) is 10.7. The monoisotopic (exact) mass is 361 g/mol. The molecule has 0 atom stereocenters. The number of aromatic nitrogens is 2. The van der Waals surface area contributed by atoms with Crippen molar-refractivity contribution in [1.29, 1.82) is 0 Å². The number of anilines is 1. The Morgan fingerprint density at radius 2 is 1.81 bits per heavy atom. The molecule has 0 radical (unpaired) electrons. The third-order valence-corrected chi connectivity index (χ3v) is 3.46. The van der Waals surface area contributed by atoms with Crippen LogP contribution in [0.25, 0.3) is 0 Å². The average Bonchev–Trinajstić information content (AvgIpc) is 2.99. The molecule has 8 heteroatoms. The molecule has 3 aromatic rings. The van der Waals surface area contributed by atoms with Crippen LogP contribution in [0, 0.1) is 0 Å². The molecule has 1 amide bonds. The van der Waals surface area contributed by atoms with Crippen LogP contribution in [0.2, 0.25) is 0 Å². The molecule has 134 valence electrons. The molecule has 2 aromatic carbocycles. The van der Waals surface area contributed by atoms with Crippen molar-refractivity contribution in [1.82, 2.24) is 9.78 Å². The lowest BCUT2D eigenvalue weighted by molar-refractivity contribution is -0.137. The Bertz CT molecular complexity index is 935. The van der Waals surface area contributed by atoms with Gasteiger partial charge in [0, 0.05) is 18.8 Å². The summed E-state index contributed by atoms with van der Waals surface area (Å²) >= 11 is 0. The number of hydrogen-bond donors (Lipinski definition) is 1. The van der Waals surface area contributed by atoms with Crippen molar-refractivity contribution in [2.75, 3.05) is 5.32 Å². The van der Waals surface area contributed by atoms with Crippen LogP contribution >= 0.6 is 0 Å². The molecule has 26 heavy (non-hydrogen) atoms. The van der Waals surface area contributed by atoms with Crippen LogP contribution in [0.15, 0.2) is 60.9 Å². The molecule has 1 N–H and O–H groups in total. The molecule has 1 heterocycles. The van der Waals surface area contributed by atoms with Gasteiger partial charge in [-0.1, -0.05) is 12.1 Å². The normalized spacial score (nSPS) is 11.2. The molecule has 0 fully saturated rings.